The van der Waals surface area contributed by atoms with Crippen LogP contribution in [0.2, 0.25) is 5.02 Å². The van der Waals surface area contributed by atoms with Crippen molar-refractivity contribution in [3.63, 3.8) is 0 Å². The smallest absolute Gasteiger partial charge is 0.274 e. The van der Waals surface area contributed by atoms with Gasteiger partial charge in [0.15, 0.2) is 0 Å². The Kier molecular flexibility index (Phi) is 2.17. The highest BCUT2D eigenvalue weighted by atomic mass is 35.5. The van der Waals surface area contributed by atoms with E-state index in [1.807, 2.05) is 0 Å². The van der Waals surface area contributed by atoms with Crippen LogP contribution >= 0.6 is 11.6 Å². The Morgan fingerprint density at radius 2 is 2.21 bits per heavy atom. The topological polar surface area (TPSA) is 69.2 Å². The van der Waals surface area contributed by atoms with Crippen molar-refractivity contribution < 1.29 is 4.92 Å². The molecule has 2 atom stereocenters. The lowest BCUT2D eigenvalue weighted by Gasteiger charge is -2.01. The molecular formula is C9H9ClN2O2. The van der Waals surface area contributed by atoms with Crippen LogP contribution in [0, 0.1) is 10.1 Å². The third kappa shape index (κ3) is 1.58. The van der Waals surface area contributed by atoms with Crippen molar-refractivity contribution in [1.29, 1.82) is 0 Å². The fourth-order valence-electron chi connectivity index (χ4n) is 1.56. The van der Waals surface area contributed by atoms with Gasteiger partial charge >= 0.3 is 0 Å². The number of nitro benzene ring substituents is 1. The summed E-state index contributed by atoms with van der Waals surface area (Å²) in [5.74, 6) is 0.132. The molecule has 0 amide bonds. The largest absolute Gasteiger partial charge is 0.327 e. The Hall–Kier alpha value is -1.13. The Morgan fingerprint density at radius 1 is 1.57 bits per heavy atom. The molecule has 74 valence electrons. The first-order valence-electron chi connectivity index (χ1n) is 4.29. The van der Waals surface area contributed by atoms with Gasteiger partial charge in [-0.15, -0.1) is 0 Å². The molecule has 0 spiro atoms. The van der Waals surface area contributed by atoms with Gasteiger partial charge in [0.2, 0.25) is 0 Å². The SMILES string of the molecule is NC1CC1c1ccc(Cl)cc1[N+](=O)[O-]. The number of rotatable bonds is 2. The van der Waals surface area contributed by atoms with Crippen LogP contribution in [0.15, 0.2) is 18.2 Å². The number of hydrogen-bond acceptors (Lipinski definition) is 3. The molecule has 0 bridgehead atoms. The predicted molar refractivity (Wildman–Crippen MR) is 53.4 cm³/mol. The second kappa shape index (κ2) is 3.22. The minimum Gasteiger partial charge on any atom is -0.327 e. The molecule has 2 unspecified atom stereocenters. The van der Waals surface area contributed by atoms with Crippen LogP contribution in [-0.4, -0.2) is 11.0 Å². The molecule has 0 heterocycles. The Morgan fingerprint density at radius 3 is 2.71 bits per heavy atom. The third-order valence-electron chi connectivity index (χ3n) is 2.43. The first kappa shape index (κ1) is 9.43. The first-order valence-corrected chi connectivity index (χ1v) is 4.67. The molecule has 1 saturated carbocycles. The van der Waals surface area contributed by atoms with E-state index in [9.17, 15) is 10.1 Å². The maximum atomic E-state index is 10.7. The lowest BCUT2D eigenvalue weighted by Crippen LogP contribution is -2.03. The Labute approximate surface area is 85.8 Å². The van der Waals surface area contributed by atoms with Crippen molar-refractivity contribution in [2.45, 2.75) is 18.4 Å². The van der Waals surface area contributed by atoms with Gasteiger partial charge in [0.1, 0.15) is 0 Å². The molecule has 5 heteroatoms. The molecule has 4 nitrogen and oxygen atoms in total. The van der Waals surface area contributed by atoms with Gasteiger partial charge in [-0.3, -0.25) is 10.1 Å². The minimum atomic E-state index is -0.410. The highest BCUT2D eigenvalue weighted by Crippen LogP contribution is 2.43. The quantitative estimate of drug-likeness (QED) is 0.603. The molecule has 2 N–H and O–H groups in total. The van der Waals surface area contributed by atoms with E-state index in [1.165, 1.54) is 6.07 Å². The van der Waals surface area contributed by atoms with Crippen molar-refractivity contribution in [3.05, 3.63) is 38.9 Å². The summed E-state index contributed by atoms with van der Waals surface area (Å²) in [6, 6.07) is 4.80. The van der Waals surface area contributed by atoms with E-state index < -0.39 is 4.92 Å². The fourth-order valence-corrected chi connectivity index (χ4v) is 1.73. The van der Waals surface area contributed by atoms with Gasteiger partial charge in [0.05, 0.1) is 4.92 Å². The van der Waals surface area contributed by atoms with E-state index in [1.54, 1.807) is 12.1 Å². The van der Waals surface area contributed by atoms with Crippen molar-refractivity contribution in [2.75, 3.05) is 0 Å². The number of benzene rings is 1. The molecular weight excluding hydrogens is 204 g/mol. The highest BCUT2D eigenvalue weighted by molar-refractivity contribution is 6.30. The van der Waals surface area contributed by atoms with Gasteiger partial charge in [-0.25, -0.2) is 0 Å². The van der Waals surface area contributed by atoms with Crippen LogP contribution in [-0.2, 0) is 0 Å². The van der Waals surface area contributed by atoms with E-state index in [2.05, 4.69) is 0 Å². The maximum absolute atomic E-state index is 10.7. The Bertz CT molecular complexity index is 394. The van der Waals surface area contributed by atoms with Crippen molar-refractivity contribution in [2.24, 2.45) is 5.73 Å². The van der Waals surface area contributed by atoms with Gasteiger partial charge < -0.3 is 5.73 Å². The number of nitrogens with zero attached hydrogens (tertiary/aromatic N) is 1. The number of hydrogen-bond donors (Lipinski definition) is 1. The van der Waals surface area contributed by atoms with Crippen LogP contribution in [0.1, 0.15) is 17.9 Å². The van der Waals surface area contributed by atoms with Gasteiger partial charge in [0.25, 0.3) is 5.69 Å². The number of halogens is 1. The highest BCUT2D eigenvalue weighted by Gasteiger charge is 2.39. The van der Waals surface area contributed by atoms with Crippen molar-refractivity contribution in [1.82, 2.24) is 0 Å². The molecule has 1 aromatic rings. The molecule has 2 rings (SSSR count). The lowest BCUT2D eigenvalue weighted by molar-refractivity contribution is -0.385. The zero-order chi connectivity index (χ0) is 10.3. The Balaban J connectivity index is 2.43. The summed E-state index contributed by atoms with van der Waals surface area (Å²) in [6.07, 6.45) is 0.822. The molecule has 0 saturated heterocycles. The van der Waals surface area contributed by atoms with E-state index in [-0.39, 0.29) is 17.6 Å². The lowest BCUT2D eigenvalue weighted by atomic mass is 10.1. The van der Waals surface area contributed by atoms with Crippen molar-refractivity contribution in [3.8, 4) is 0 Å². The zero-order valence-corrected chi connectivity index (χ0v) is 8.07. The van der Waals surface area contributed by atoms with E-state index in [4.69, 9.17) is 17.3 Å². The summed E-state index contributed by atoms with van der Waals surface area (Å²) in [6.45, 7) is 0. The van der Waals surface area contributed by atoms with Crippen LogP contribution in [0.3, 0.4) is 0 Å². The number of nitro groups is 1. The monoisotopic (exact) mass is 212 g/mol. The van der Waals surface area contributed by atoms with Crippen LogP contribution < -0.4 is 5.73 Å². The van der Waals surface area contributed by atoms with Crippen LogP contribution in [0.4, 0.5) is 5.69 Å². The molecule has 0 radical (unpaired) electrons. The predicted octanol–water partition coefficient (Wildman–Crippen LogP) is 2.06. The van der Waals surface area contributed by atoms with E-state index in [0.29, 0.717) is 10.6 Å². The second-order valence-electron chi connectivity index (χ2n) is 3.47. The summed E-state index contributed by atoms with van der Waals surface area (Å²) in [5, 5.41) is 11.1. The molecule has 1 aliphatic carbocycles. The van der Waals surface area contributed by atoms with Crippen molar-refractivity contribution >= 4 is 17.3 Å². The van der Waals surface area contributed by atoms with Gasteiger partial charge in [-0.1, -0.05) is 17.7 Å². The van der Waals surface area contributed by atoms with Gasteiger partial charge in [-0.05, 0) is 12.5 Å². The molecule has 0 aromatic heterocycles. The molecule has 1 aliphatic rings. The molecule has 14 heavy (non-hydrogen) atoms. The molecule has 1 fully saturated rings. The van der Waals surface area contributed by atoms with E-state index in [0.717, 1.165) is 6.42 Å². The summed E-state index contributed by atoms with van der Waals surface area (Å²) in [5.41, 5.74) is 6.43. The normalized spacial score (nSPS) is 24.7. The third-order valence-corrected chi connectivity index (χ3v) is 2.66. The van der Waals surface area contributed by atoms with Gasteiger partial charge in [-0.2, -0.15) is 0 Å². The van der Waals surface area contributed by atoms with Crippen LogP contribution in [0.5, 0.6) is 0 Å². The zero-order valence-electron chi connectivity index (χ0n) is 7.31. The summed E-state index contributed by atoms with van der Waals surface area (Å²) in [4.78, 5) is 10.3. The van der Waals surface area contributed by atoms with Crippen LogP contribution in [0.25, 0.3) is 0 Å². The molecule has 1 aromatic carbocycles. The standard InChI is InChI=1S/C9H9ClN2O2/c10-5-1-2-6(7-4-8(7)11)9(3-5)12(13)14/h1-3,7-8H,4,11H2. The fraction of sp³-hybridized carbons (Fsp3) is 0.333. The second-order valence-corrected chi connectivity index (χ2v) is 3.90. The summed E-state index contributed by atoms with van der Waals surface area (Å²) in [7, 11) is 0. The first-order chi connectivity index (χ1) is 6.59. The molecule has 0 aliphatic heterocycles. The average Bonchev–Trinajstić information content (AvgIpc) is 2.82. The number of nitrogens with two attached hydrogens (primary N) is 1. The average molecular weight is 213 g/mol. The van der Waals surface area contributed by atoms with E-state index >= 15 is 0 Å². The maximum Gasteiger partial charge on any atom is 0.274 e. The summed E-state index contributed by atoms with van der Waals surface area (Å²) >= 11 is 5.69. The van der Waals surface area contributed by atoms with Gasteiger partial charge in [0, 0.05) is 28.6 Å². The minimum absolute atomic E-state index is 0.0647. The summed E-state index contributed by atoms with van der Waals surface area (Å²) < 4.78 is 0.